The number of esters is 1. The lowest BCUT2D eigenvalue weighted by Crippen LogP contribution is -2.36. The van der Waals surface area contributed by atoms with Crippen LogP contribution in [0.25, 0.3) is 6.08 Å². The van der Waals surface area contributed by atoms with Gasteiger partial charge in [0.15, 0.2) is 6.61 Å². The van der Waals surface area contributed by atoms with Crippen molar-refractivity contribution in [1.29, 1.82) is 0 Å². The molecule has 1 N–H and O–H groups in total. The van der Waals surface area contributed by atoms with Crippen LogP contribution in [-0.2, 0) is 14.3 Å². The SMILES string of the molecule is C[C@H](NC(=O)COC(=O)/C=C/c1cc(Br)ccc1F)C1CC1. The Morgan fingerprint density at radius 3 is 2.91 bits per heavy atom. The fourth-order valence-electron chi connectivity index (χ4n) is 1.99. The van der Waals surface area contributed by atoms with Crippen molar-refractivity contribution in [2.24, 2.45) is 5.92 Å². The molecule has 0 radical (unpaired) electrons. The molecule has 0 spiro atoms. The number of hydrogen-bond acceptors (Lipinski definition) is 3. The van der Waals surface area contributed by atoms with Gasteiger partial charge in [-0.2, -0.15) is 0 Å². The number of halogens is 2. The average Bonchev–Trinajstić information content (AvgIpc) is 3.30. The Kier molecular flexibility index (Phi) is 5.71. The predicted molar refractivity (Wildman–Crippen MR) is 84.4 cm³/mol. The first-order chi connectivity index (χ1) is 10.5. The van der Waals surface area contributed by atoms with Gasteiger partial charge in [-0.15, -0.1) is 0 Å². The number of carbonyl (C=O) groups excluding carboxylic acids is 2. The summed E-state index contributed by atoms with van der Waals surface area (Å²) >= 11 is 3.22. The minimum absolute atomic E-state index is 0.109. The van der Waals surface area contributed by atoms with Crippen molar-refractivity contribution in [2.45, 2.75) is 25.8 Å². The molecule has 2 rings (SSSR count). The van der Waals surface area contributed by atoms with Crippen molar-refractivity contribution >= 4 is 33.9 Å². The van der Waals surface area contributed by atoms with Gasteiger partial charge < -0.3 is 10.1 Å². The Morgan fingerprint density at radius 1 is 1.50 bits per heavy atom. The highest BCUT2D eigenvalue weighted by atomic mass is 79.9. The van der Waals surface area contributed by atoms with Crippen LogP contribution >= 0.6 is 15.9 Å². The summed E-state index contributed by atoms with van der Waals surface area (Å²) in [5.74, 6) is -0.911. The minimum atomic E-state index is -0.686. The van der Waals surface area contributed by atoms with Gasteiger partial charge in [0, 0.05) is 22.2 Å². The zero-order chi connectivity index (χ0) is 16.1. The molecule has 0 saturated heterocycles. The van der Waals surface area contributed by atoms with Gasteiger partial charge in [0.2, 0.25) is 0 Å². The molecule has 1 amide bonds. The molecule has 118 valence electrons. The second kappa shape index (κ2) is 7.54. The first-order valence-electron chi connectivity index (χ1n) is 7.05. The predicted octanol–water partition coefficient (Wildman–Crippen LogP) is 3.06. The molecule has 4 nitrogen and oxygen atoms in total. The lowest BCUT2D eigenvalue weighted by atomic mass is 10.2. The highest BCUT2D eigenvalue weighted by Gasteiger charge is 2.28. The number of amides is 1. The van der Waals surface area contributed by atoms with Crippen molar-refractivity contribution in [2.75, 3.05) is 6.61 Å². The molecule has 0 aromatic heterocycles. The van der Waals surface area contributed by atoms with Crippen LogP contribution in [0.4, 0.5) is 4.39 Å². The number of nitrogens with one attached hydrogen (secondary N) is 1. The van der Waals surface area contributed by atoms with E-state index in [0.29, 0.717) is 10.4 Å². The molecular weight excluding hydrogens is 353 g/mol. The quantitative estimate of drug-likeness (QED) is 0.619. The molecule has 1 aromatic rings. The summed E-state index contributed by atoms with van der Waals surface area (Å²) in [5, 5.41) is 2.78. The van der Waals surface area contributed by atoms with Crippen molar-refractivity contribution < 1.29 is 18.7 Å². The van der Waals surface area contributed by atoms with Gasteiger partial charge in [0.1, 0.15) is 5.82 Å². The van der Waals surface area contributed by atoms with Crippen LogP contribution in [0.15, 0.2) is 28.7 Å². The molecule has 1 fully saturated rings. The summed E-state index contributed by atoms with van der Waals surface area (Å²) in [5.41, 5.74) is 0.262. The molecule has 1 aromatic carbocycles. The molecule has 22 heavy (non-hydrogen) atoms. The molecule has 0 aliphatic heterocycles. The van der Waals surface area contributed by atoms with E-state index in [9.17, 15) is 14.0 Å². The highest BCUT2D eigenvalue weighted by molar-refractivity contribution is 9.10. The number of benzene rings is 1. The zero-order valence-corrected chi connectivity index (χ0v) is 13.7. The molecule has 1 aliphatic carbocycles. The number of ether oxygens (including phenoxy) is 1. The fourth-order valence-corrected chi connectivity index (χ4v) is 2.37. The van der Waals surface area contributed by atoms with Crippen LogP contribution < -0.4 is 5.32 Å². The van der Waals surface area contributed by atoms with Crippen molar-refractivity contribution in [3.8, 4) is 0 Å². The van der Waals surface area contributed by atoms with Crippen molar-refractivity contribution in [3.05, 3.63) is 40.1 Å². The maximum atomic E-state index is 13.5. The Hall–Kier alpha value is -1.69. The van der Waals surface area contributed by atoms with Crippen LogP contribution in [-0.4, -0.2) is 24.5 Å². The molecule has 0 bridgehead atoms. The minimum Gasteiger partial charge on any atom is -0.452 e. The Bertz CT molecular complexity index is 599. The highest BCUT2D eigenvalue weighted by Crippen LogP contribution is 2.32. The van der Waals surface area contributed by atoms with Gasteiger partial charge in [-0.3, -0.25) is 4.79 Å². The third-order valence-electron chi connectivity index (χ3n) is 3.42. The van der Waals surface area contributed by atoms with Crippen LogP contribution in [0, 0.1) is 11.7 Å². The summed E-state index contributed by atoms with van der Waals surface area (Å²) < 4.78 is 19.0. The maximum absolute atomic E-state index is 13.5. The van der Waals surface area contributed by atoms with E-state index >= 15 is 0 Å². The van der Waals surface area contributed by atoms with E-state index in [4.69, 9.17) is 4.74 Å². The van der Waals surface area contributed by atoms with E-state index in [0.717, 1.165) is 18.9 Å². The molecule has 1 saturated carbocycles. The second-order valence-corrected chi connectivity index (χ2v) is 6.22. The zero-order valence-electron chi connectivity index (χ0n) is 12.1. The maximum Gasteiger partial charge on any atom is 0.331 e. The average molecular weight is 370 g/mol. The van der Waals surface area contributed by atoms with Crippen LogP contribution in [0.1, 0.15) is 25.3 Å². The summed E-state index contributed by atoms with van der Waals surface area (Å²) in [6.45, 7) is 1.61. The van der Waals surface area contributed by atoms with Crippen LogP contribution in [0.5, 0.6) is 0 Å². The van der Waals surface area contributed by atoms with Crippen molar-refractivity contribution in [3.63, 3.8) is 0 Å². The third-order valence-corrected chi connectivity index (χ3v) is 3.91. The second-order valence-electron chi connectivity index (χ2n) is 5.30. The first kappa shape index (κ1) is 16.7. The van der Waals surface area contributed by atoms with Gasteiger partial charge in [0.25, 0.3) is 5.91 Å². The topological polar surface area (TPSA) is 55.4 Å². The smallest absolute Gasteiger partial charge is 0.331 e. The molecule has 1 atom stereocenters. The normalized spacial score (nSPS) is 15.6. The molecule has 0 unspecified atom stereocenters. The lowest BCUT2D eigenvalue weighted by Gasteiger charge is -2.12. The lowest BCUT2D eigenvalue weighted by molar-refractivity contribution is -0.144. The summed E-state index contributed by atoms with van der Waals surface area (Å²) in [7, 11) is 0. The van der Waals surface area contributed by atoms with Crippen molar-refractivity contribution in [1.82, 2.24) is 5.32 Å². The van der Waals surface area contributed by atoms with Gasteiger partial charge in [-0.1, -0.05) is 15.9 Å². The van der Waals surface area contributed by atoms with E-state index in [1.165, 1.54) is 12.1 Å². The van der Waals surface area contributed by atoms with Gasteiger partial charge >= 0.3 is 5.97 Å². The standard InChI is InChI=1S/C16H17BrFNO3/c1-10(11-2-3-11)19-15(20)9-22-16(21)7-4-12-8-13(17)5-6-14(12)18/h4-8,10-11H,2-3,9H2,1H3,(H,19,20)/b7-4+/t10-/m0/s1. The molecule has 6 heteroatoms. The molecule has 1 aliphatic rings. The van der Waals surface area contributed by atoms with Crippen LogP contribution in [0.3, 0.4) is 0 Å². The van der Waals surface area contributed by atoms with Gasteiger partial charge in [-0.05, 0) is 50.0 Å². The monoisotopic (exact) mass is 369 g/mol. The van der Waals surface area contributed by atoms with E-state index in [-0.39, 0.29) is 24.1 Å². The van der Waals surface area contributed by atoms with E-state index in [1.54, 1.807) is 12.1 Å². The van der Waals surface area contributed by atoms with E-state index < -0.39 is 11.8 Å². The van der Waals surface area contributed by atoms with Crippen LogP contribution in [0.2, 0.25) is 0 Å². The number of rotatable bonds is 6. The largest absolute Gasteiger partial charge is 0.452 e. The van der Waals surface area contributed by atoms with Gasteiger partial charge in [-0.25, -0.2) is 9.18 Å². The summed E-state index contributed by atoms with van der Waals surface area (Å²) in [4.78, 5) is 23.1. The summed E-state index contributed by atoms with van der Waals surface area (Å²) in [6.07, 6.45) is 4.67. The third kappa shape index (κ3) is 5.26. The Balaban J connectivity index is 1.78. The van der Waals surface area contributed by atoms with E-state index in [2.05, 4.69) is 21.2 Å². The number of hydrogen-bond donors (Lipinski definition) is 1. The Labute approximate surface area is 136 Å². The molecular formula is C16H17BrFNO3. The first-order valence-corrected chi connectivity index (χ1v) is 7.84. The number of carbonyl (C=O) groups is 2. The Morgan fingerprint density at radius 2 is 2.23 bits per heavy atom. The summed E-state index contributed by atoms with van der Waals surface area (Å²) in [6, 6.07) is 4.51. The molecule has 0 heterocycles. The van der Waals surface area contributed by atoms with E-state index in [1.807, 2.05) is 6.92 Å². The van der Waals surface area contributed by atoms with Gasteiger partial charge in [0.05, 0.1) is 0 Å². The fraction of sp³-hybridized carbons (Fsp3) is 0.375.